The minimum Gasteiger partial charge on any atom is -0.232 e. The van der Waals surface area contributed by atoms with Crippen LogP contribution < -0.4 is 5.14 Å². The van der Waals surface area contributed by atoms with Crippen molar-refractivity contribution >= 4 is 21.6 Å². The van der Waals surface area contributed by atoms with Crippen molar-refractivity contribution in [2.24, 2.45) is 5.14 Å². The fourth-order valence-corrected chi connectivity index (χ4v) is 3.87. The number of primary sulfonamides is 1. The van der Waals surface area contributed by atoms with Crippen LogP contribution in [-0.2, 0) is 16.4 Å². The molecule has 0 aliphatic carbocycles. The molecule has 30 heavy (non-hydrogen) atoms. The lowest BCUT2D eigenvalue weighted by atomic mass is 10.1. The first-order valence-corrected chi connectivity index (χ1v) is 11.4. The van der Waals surface area contributed by atoms with Crippen LogP contribution >= 0.6 is 11.6 Å². The molecule has 0 aliphatic heterocycles. The third-order valence-corrected chi connectivity index (χ3v) is 6.10. The first kappa shape index (κ1) is 20.3. The van der Waals surface area contributed by atoms with E-state index in [2.05, 4.69) is 31.2 Å². The molecule has 3 aromatic carbocycles. The zero-order valence-corrected chi connectivity index (χ0v) is 17.9. The van der Waals surface area contributed by atoms with Gasteiger partial charge in [-0.25, -0.2) is 18.2 Å². The van der Waals surface area contributed by atoms with Crippen LogP contribution in [0.15, 0.2) is 83.8 Å². The number of rotatable bonds is 5. The Hall–Kier alpha value is -2.93. The van der Waals surface area contributed by atoms with Gasteiger partial charge in [-0.2, -0.15) is 5.10 Å². The molecule has 1 heterocycles. The van der Waals surface area contributed by atoms with Gasteiger partial charge < -0.3 is 0 Å². The number of hydrogen-bond donors (Lipinski definition) is 1. The molecule has 0 unspecified atom stereocenters. The predicted molar refractivity (Wildman–Crippen MR) is 120 cm³/mol. The van der Waals surface area contributed by atoms with E-state index in [1.54, 1.807) is 16.8 Å². The molecular weight excluding hydrogens is 418 g/mol. The Morgan fingerprint density at radius 1 is 0.900 bits per heavy atom. The van der Waals surface area contributed by atoms with Crippen LogP contribution in [0.3, 0.4) is 0 Å². The van der Waals surface area contributed by atoms with Gasteiger partial charge in [0, 0.05) is 16.1 Å². The third-order valence-electron chi connectivity index (χ3n) is 4.92. The Bertz CT molecular complexity index is 1280. The van der Waals surface area contributed by atoms with Gasteiger partial charge in [0.2, 0.25) is 10.0 Å². The summed E-state index contributed by atoms with van der Waals surface area (Å²) >= 11 is 6.05. The van der Waals surface area contributed by atoms with Crippen molar-refractivity contribution in [1.82, 2.24) is 9.78 Å². The minimum absolute atomic E-state index is 0.0572. The highest BCUT2D eigenvalue weighted by atomic mass is 35.5. The van der Waals surface area contributed by atoms with Gasteiger partial charge in [0.05, 0.1) is 22.0 Å². The van der Waals surface area contributed by atoms with Crippen molar-refractivity contribution in [2.45, 2.75) is 18.2 Å². The Morgan fingerprint density at radius 2 is 1.50 bits per heavy atom. The summed E-state index contributed by atoms with van der Waals surface area (Å²) in [6, 6.07) is 24.2. The van der Waals surface area contributed by atoms with Crippen LogP contribution in [-0.4, -0.2) is 18.2 Å². The van der Waals surface area contributed by atoms with Crippen LogP contribution in [0.2, 0.25) is 5.02 Å². The summed E-state index contributed by atoms with van der Waals surface area (Å²) in [4.78, 5) is 0.0572. The largest absolute Gasteiger partial charge is 0.238 e. The number of halogens is 1. The molecule has 0 saturated heterocycles. The number of sulfonamides is 1. The lowest BCUT2D eigenvalue weighted by Crippen LogP contribution is -2.12. The maximum atomic E-state index is 11.6. The molecule has 5 nitrogen and oxygen atoms in total. The molecule has 7 heteroatoms. The lowest BCUT2D eigenvalue weighted by molar-refractivity contribution is 0.598. The molecule has 0 amide bonds. The average molecular weight is 438 g/mol. The average Bonchev–Trinajstić information content (AvgIpc) is 3.19. The van der Waals surface area contributed by atoms with Gasteiger partial charge in [0.15, 0.2) is 0 Å². The summed E-state index contributed by atoms with van der Waals surface area (Å²) in [7, 11) is -3.76. The summed E-state index contributed by atoms with van der Waals surface area (Å²) in [5.74, 6) is 0. The fourth-order valence-electron chi connectivity index (χ4n) is 3.23. The molecule has 0 bridgehead atoms. The quantitative estimate of drug-likeness (QED) is 0.473. The summed E-state index contributed by atoms with van der Waals surface area (Å²) in [6.07, 6.45) is 0.973. The maximum Gasteiger partial charge on any atom is 0.238 e. The van der Waals surface area contributed by atoms with Crippen molar-refractivity contribution < 1.29 is 8.42 Å². The predicted octanol–water partition coefficient (Wildman–Crippen LogP) is 5.07. The Morgan fingerprint density at radius 3 is 2.07 bits per heavy atom. The van der Waals surface area contributed by atoms with Gasteiger partial charge in [0.25, 0.3) is 0 Å². The maximum absolute atomic E-state index is 11.6. The van der Waals surface area contributed by atoms with E-state index in [4.69, 9.17) is 21.8 Å². The van der Waals surface area contributed by atoms with E-state index in [9.17, 15) is 8.42 Å². The molecule has 2 N–H and O–H groups in total. The summed E-state index contributed by atoms with van der Waals surface area (Å²) in [5, 5.41) is 10.7. The minimum atomic E-state index is -3.76. The second kappa shape index (κ2) is 8.07. The molecule has 0 atom stereocenters. The van der Waals surface area contributed by atoms with Crippen molar-refractivity contribution in [3.05, 3.63) is 89.4 Å². The van der Waals surface area contributed by atoms with Crippen molar-refractivity contribution in [3.8, 4) is 28.2 Å². The number of hydrogen-bond acceptors (Lipinski definition) is 3. The zero-order valence-electron chi connectivity index (χ0n) is 16.3. The fraction of sp³-hybridized carbons (Fsp3) is 0.0870. The van der Waals surface area contributed by atoms with Crippen LogP contribution in [0.25, 0.3) is 28.2 Å². The number of aryl methyl sites for hydroxylation is 1. The summed E-state index contributed by atoms with van der Waals surface area (Å²) in [6.45, 7) is 2.12. The number of benzene rings is 3. The normalized spacial score (nSPS) is 11.6. The van der Waals surface area contributed by atoms with Gasteiger partial charge in [-0.3, -0.25) is 0 Å². The topological polar surface area (TPSA) is 78.0 Å². The first-order chi connectivity index (χ1) is 14.3. The highest BCUT2D eigenvalue weighted by Gasteiger charge is 2.15. The van der Waals surface area contributed by atoms with Crippen molar-refractivity contribution in [1.29, 1.82) is 0 Å². The van der Waals surface area contributed by atoms with Crippen molar-refractivity contribution in [3.63, 3.8) is 0 Å². The highest BCUT2D eigenvalue weighted by Crippen LogP contribution is 2.30. The molecule has 0 saturated carbocycles. The Balaban J connectivity index is 1.84. The summed E-state index contributed by atoms with van der Waals surface area (Å²) in [5.41, 5.74) is 5.61. The van der Waals surface area contributed by atoms with Crippen molar-refractivity contribution in [2.75, 3.05) is 0 Å². The SMILES string of the molecule is CCc1ccc(-c2cc(-c3ccc(Cl)cc3)n(-c3ccc(S(N)(=O)=O)cc3)n2)cc1. The molecule has 4 aromatic rings. The Labute approximate surface area is 180 Å². The molecule has 0 radical (unpaired) electrons. The number of aromatic nitrogens is 2. The molecule has 4 rings (SSSR count). The van der Waals surface area contributed by atoms with E-state index in [0.29, 0.717) is 5.02 Å². The molecular formula is C23H20ClN3O2S. The van der Waals surface area contributed by atoms with E-state index in [1.165, 1.54) is 17.7 Å². The van der Waals surface area contributed by atoms with Gasteiger partial charge in [-0.05, 0) is 54.4 Å². The molecule has 1 aromatic heterocycles. The smallest absolute Gasteiger partial charge is 0.232 e. The number of nitrogens with two attached hydrogens (primary N) is 1. The monoisotopic (exact) mass is 437 g/mol. The second-order valence-electron chi connectivity index (χ2n) is 6.92. The lowest BCUT2D eigenvalue weighted by Gasteiger charge is -2.08. The van der Waals surface area contributed by atoms with E-state index in [-0.39, 0.29) is 4.90 Å². The van der Waals surface area contributed by atoms with Gasteiger partial charge >= 0.3 is 0 Å². The van der Waals surface area contributed by atoms with Crippen LogP contribution in [0, 0.1) is 0 Å². The molecule has 0 aliphatic rings. The second-order valence-corrected chi connectivity index (χ2v) is 8.92. The van der Waals surface area contributed by atoms with Crippen LogP contribution in [0.5, 0.6) is 0 Å². The number of nitrogens with zero attached hydrogens (tertiary/aromatic N) is 2. The third kappa shape index (κ3) is 4.16. The van der Waals surface area contributed by atoms with Crippen LogP contribution in [0.1, 0.15) is 12.5 Å². The van der Waals surface area contributed by atoms with E-state index < -0.39 is 10.0 Å². The van der Waals surface area contributed by atoms with E-state index >= 15 is 0 Å². The highest BCUT2D eigenvalue weighted by molar-refractivity contribution is 7.89. The Kier molecular flexibility index (Phi) is 5.47. The summed E-state index contributed by atoms with van der Waals surface area (Å²) < 4.78 is 25.0. The van der Waals surface area contributed by atoms with Gasteiger partial charge in [0.1, 0.15) is 0 Å². The molecule has 0 fully saturated rings. The van der Waals surface area contributed by atoms with Gasteiger partial charge in [-0.15, -0.1) is 0 Å². The molecule has 0 spiro atoms. The molecule has 152 valence electrons. The van der Waals surface area contributed by atoms with Gasteiger partial charge in [-0.1, -0.05) is 54.9 Å². The van der Waals surface area contributed by atoms with E-state index in [0.717, 1.165) is 34.6 Å². The standard InChI is InChI=1S/C23H20ClN3O2S/c1-2-16-3-5-17(6-4-16)22-15-23(18-7-9-19(24)10-8-18)27(26-22)20-11-13-21(14-12-20)30(25,28)29/h3-15H,2H2,1H3,(H2,25,28,29). The zero-order chi connectivity index (χ0) is 21.3. The van der Waals surface area contributed by atoms with Crippen LogP contribution in [0.4, 0.5) is 0 Å². The van der Waals surface area contributed by atoms with E-state index in [1.807, 2.05) is 30.3 Å². The first-order valence-electron chi connectivity index (χ1n) is 9.44.